The van der Waals surface area contributed by atoms with Gasteiger partial charge in [0.2, 0.25) is 0 Å². The molecule has 0 bridgehead atoms. The summed E-state index contributed by atoms with van der Waals surface area (Å²) in [7, 11) is 0. The number of carbonyl (C=O) groups excluding carboxylic acids is 2. The number of alkyl halides is 3. The van der Waals surface area contributed by atoms with Crippen molar-refractivity contribution in [2.24, 2.45) is 0 Å². The molecule has 0 fully saturated rings. The fourth-order valence-electron chi connectivity index (χ4n) is 2.97. The van der Waals surface area contributed by atoms with Crippen LogP contribution in [0.2, 0.25) is 0 Å². The maximum absolute atomic E-state index is 12.7. The van der Waals surface area contributed by atoms with Gasteiger partial charge >= 0.3 is 12.1 Å². The van der Waals surface area contributed by atoms with E-state index < -0.39 is 31.2 Å². The van der Waals surface area contributed by atoms with Crippen molar-refractivity contribution in [3.8, 4) is 11.5 Å². The molecule has 1 N–H and O–H groups in total. The molecular weight excluding hydrogens is 417 g/mol. The second-order valence-electron chi connectivity index (χ2n) is 6.64. The predicted molar refractivity (Wildman–Crippen MR) is 108 cm³/mol. The van der Waals surface area contributed by atoms with Crippen LogP contribution < -0.4 is 14.8 Å². The molecular formula is C21H25F3N2O5. The molecule has 31 heavy (non-hydrogen) atoms. The van der Waals surface area contributed by atoms with Gasteiger partial charge in [0.25, 0.3) is 5.91 Å². The minimum atomic E-state index is -4.42. The highest BCUT2D eigenvalue weighted by Gasteiger charge is 2.30. The van der Waals surface area contributed by atoms with Gasteiger partial charge in [0.1, 0.15) is 6.54 Å². The Labute approximate surface area is 178 Å². The molecule has 0 aliphatic carbocycles. The average molecular weight is 442 g/mol. The molecule has 10 heteroatoms. The van der Waals surface area contributed by atoms with Crippen LogP contribution in [0.4, 0.5) is 18.9 Å². The number of hydrogen-bond acceptors (Lipinski definition) is 5. The molecule has 0 unspecified atom stereocenters. The Balaban J connectivity index is 2.01. The molecule has 0 atom stereocenters. The molecule has 0 aliphatic rings. The summed E-state index contributed by atoms with van der Waals surface area (Å²) in [4.78, 5) is 24.4. The van der Waals surface area contributed by atoms with Crippen molar-refractivity contribution in [3.63, 3.8) is 0 Å². The molecule has 0 saturated heterocycles. The van der Waals surface area contributed by atoms with Crippen LogP contribution in [0.25, 0.3) is 0 Å². The molecule has 7 nitrogen and oxygen atoms in total. The average Bonchev–Trinajstić information content (AvgIpc) is 2.95. The Morgan fingerprint density at radius 1 is 1.03 bits per heavy atom. The zero-order valence-electron chi connectivity index (χ0n) is 17.8. The lowest BCUT2D eigenvalue weighted by atomic mass is 10.2. The van der Waals surface area contributed by atoms with Crippen LogP contribution >= 0.6 is 0 Å². The first-order valence-corrected chi connectivity index (χ1v) is 9.65. The van der Waals surface area contributed by atoms with Gasteiger partial charge in [-0.25, -0.2) is 4.79 Å². The Bertz CT molecular complexity index is 938. The Kier molecular flexibility index (Phi) is 7.95. The number of anilines is 1. The van der Waals surface area contributed by atoms with Crippen molar-refractivity contribution >= 4 is 17.6 Å². The number of ether oxygens (including phenoxy) is 3. The van der Waals surface area contributed by atoms with Crippen molar-refractivity contribution in [2.75, 3.05) is 25.1 Å². The van der Waals surface area contributed by atoms with Crippen molar-refractivity contribution in [3.05, 3.63) is 41.2 Å². The number of amides is 1. The number of nitrogens with zero attached hydrogens (tertiary/aromatic N) is 1. The molecule has 1 heterocycles. The summed E-state index contributed by atoms with van der Waals surface area (Å²) >= 11 is 0. The third-order valence-corrected chi connectivity index (χ3v) is 4.29. The van der Waals surface area contributed by atoms with Crippen LogP contribution in [0, 0.1) is 13.8 Å². The molecule has 2 rings (SSSR count). The third-order valence-electron chi connectivity index (χ3n) is 4.29. The van der Waals surface area contributed by atoms with Crippen LogP contribution in [0.5, 0.6) is 11.5 Å². The van der Waals surface area contributed by atoms with Gasteiger partial charge in [0, 0.05) is 23.1 Å². The summed E-state index contributed by atoms with van der Waals surface area (Å²) in [5, 5.41) is 2.57. The van der Waals surface area contributed by atoms with E-state index in [1.165, 1.54) is 19.9 Å². The molecule has 1 aromatic carbocycles. The first-order valence-electron chi connectivity index (χ1n) is 9.65. The van der Waals surface area contributed by atoms with Gasteiger partial charge in [-0.3, -0.25) is 4.79 Å². The van der Waals surface area contributed by atoms with Crippen molar-refractivity contribution in [2.45, 2.75) is 40.4 Å². The lowest BCUT2D eigenvalue weighted by molar-refractivity contribution is -0.141. The highest BCUT2D eigenvalue weighted by molar-refractivity contribution is 5.96. The zero-order chi connectivity index (χ0) is 23.2. The standard InChI is InChI=1S/C21H25F3N2O5/c1-5-29-17-8-7-15(10-18(17)30-6-2)25-19(27)11-31-20(28)16-9-13(3)26(14(16)4)12-21(22,23)24/h7-10H,5-6,11-12H2,1-4H3,(H,25,27). The SMILES string of the molecule is CCOc1ccc(NC(=O)COC(=O)c2cc(C)n(CC(F)(F)F)c2C)cc1OCC. The Morgan fingerprint density at radius 3 is 2.29 bits per heavy atom. The van der Waals surface area contributed by atoms with E-state index in [0.29, 0.717) is 30.4 Å². The second kappa shape index (κ2) is 10.2. The number of halogens is 3. The highest BCUT2D eigenvalue weighted by Crippen LogP contribution is 2.30. The fraction of sp³-hybridized carbons (Fsp3) is 0.429. The molecule has 1 aromatic heterocycles. The van der Waals surface area contributed by atoms with E-state index in [0.717, 1.165) is 4.57 Å². The number of aromatic nitrogens is 1. The van der Waals surface area contributed by atoms with Gasteiger partial charge in [-0.15, -0.1) is 0 Å². The highest BCUT2D eigenvalue weighted by atomic mass is 19.4. The maximum Gasteiger partial charge on any atom is 0.406 e. The topological polar surface area (TPSA) is 78.8 Å². The normalized spacial score (nSPS) is 11.2. The van der Waals surface area contributed by atoms with Crippen LogP contribution in [-0.4, -0.2) is 42.4 Å². The fourth-order valence-corrected chi connectivity index (χ4v) is 2.97. The molecule has 0 radical (unpaired) electrons. The molecule has 2 aromatic rings. The van der Waals surface area contributed by atoms with E-state index >= 15 is 0 Å². The number of nitrogens with one attached hydrogen (secondary N) is 1. The summed E-state index contributed by atoms with van der Waals surface area (Å²) in [6.07, 6.45) is -4.42. The summed E-state index contributed by atoms with van der Waals surface area (Å²) in [6, 6.07) is 6.14. The smallest absolute Gasteiger partial charge is 0.406 e. The van der Waals surface area contributed by atoms with E-state index in [1.807, 2.05) is 13.8 Å². The first-order chi connectivity index (χ1) is 14.6. The van der Waals surface area contributed by atoms with Gasteiger partial charge in [-0.2, -0.15) is 13.2 Å². The number of hydrogen-bond donors (Lipinski definition) is 1. The van der Waals surface area contributed by atoms with Crippen molar-refractivity contribution in [1.29, 1.82) is 0 Å². The summed E-state index contributed by atoms with van der Waals surface area (Å²) in [6.45, 7) is 5.55. The van der Waals surface area contributed by atoms with Crippen LogP contribution in [-0.2, 0) is 16.1 Å². The lowest BCUT2D eigenvalue weighted by Gasteiger charge is -2.13. The zero-order valence-corrected chi connectivity index (χ0v) is 17.8. The van der Waals surface area contributed by atoms with Crippen molar-refractivity contribution < 1.29 is 37.0 Å². The molecule has 1 amide bonds. The van der Waals surface area contributed by atoms with E-state index in [2.05, 4.69) is 5.32 Å². The Morgan fingerprint density at radius 2 is 1.68 bits per heavy atom. The number of rotatable bonds is 9. The summed E-state index contributed by atoms with van der Waals surface area (Å²) in [5.41, 5.74) is 0.780. The minimum Gasteiger partial charge on any atom is -0.490 e. The van der Waals surface area contributed by atoms with Gasteiger partial charge < -0.3 is 24.1 Å². The summed E-state index contributed by atoms with van der Waals surface area (Å²) in [5.74, 6) is -0.498. The largest absolute Gasteiger partial charge is 0.490 e. The Hall–Kier alpha value is -3.17. The van der Waals surface area contributed by atoms with Crippen LogP contribution in [0.1, 0.15) is 35.6 Å². The minimum absolute atomic E-state index is 0.0192. The van der Waals surface area contributed by atoms with Gasteiger partial charge in [0.15, 0.2) is 18.1 Å². The van der Waals surface area contributed by atoms with E-state index in [4.69, 9.17) is 14.2 Å². The molecule has 0 spiro atoms. The molecule has 0 saturated carbocycles. The van der Waals surface area contributed by atoms with E-state index in [-0.39, 0.29) is 17.0 Å². The number of benzene rings is 1. The maximum atomic E-state index is 12.7. The van der Waals surface area contributed by atoms with E-state index in [1.54, 1.807) is 18.2 Å². The number of carbonyl (C=O) groups is 2. The van der Waals surface area contributed by atoms with Gasteiger partial charge in [-0.05, 0) is 45.9 Å². The predicted octanol–water partition coefficient (Wildman–Crippen LogP) is 4.26. The molecule has 0 aliphatic heterocycles. The van der Waals surface area contributed by atoms with E-state index in [9.17, 15) is 22.8 Å². The monoisotopic (exact) mass is 442 g/mol. The third kappa shape index (κ3) is 6.66. The quantitative estimate of drug-likeness (QED) is 0.587. The van der Waals surface area contributed by atoms with Crippen LogP contribution in [0.15, 0.2) is 24.3 Å². The van der Waals surface area contributed by atoms with Gasteiger partial charge in [-0.1, -0.05) is 0 Å². The number of esters is 1. The number of aryl methyl sites for hydroxylation is 1. The lowest BCUT2D eigenvalue weighted by Crippen LogP contribution is -2.22. The van der Waals surface area contributed by atoms with Crippen LogP contribution in [0.3, 0.4) is 0 Å². The van der Waals surface area contributed by atoms with Crippen molar-refractivity contribution in [1.82, 2.24) is 4.57 Å². The second-order valence-corrected chi connectivity index (χ2v) is 6.64. The summed E-state index contributed by atoms with van der Waals surface area (Å²) < 4.78 is 55.0. The molecule has 170 valence electrons. The first kappa shape index (κ1) is 24.1. The van der Waals surface area contributed by atoms with Gasteiger partial charge in [0.05, 0.1) is 18.8 Å².